The molecule has 4 heteroatoms. The lowest BCUT2D eigenvalue weighted by Gasteiger charge is -2.23. The number of fused-ring (bicyclic) bond motifs is 1. The van der Waals surface area contributed by atoms with Crippen molar-refractivity contribution in [1.29, 1.82) is 5.26 Å². The third-order valence-corrected chi connectivity index (χ3v) is 2.35. The molecule has 2 rings (SSSR count). The third kappa shape index (κ3) is 2.99. The van der Waals surface area contributed by atoms with Crippen LogP contribution in [0.25, 0.3) is 0 Å². The number of rotatable bonds is 1. The molecule has 0 aliphatic carbocycles. The van der Waals surface area contributed by atoms with Gasteiger partial charge in [0.2, 0.25) is 0 Å². The Morgan fingerprint density at radius 1 is 1.56 bits per heavy atom. The smallest absolute Gasteiger partial charge is 0.326 e. The molecule has 1 aromatic carbocycles. The maximum atomic E-state index is 10.7. The van der Waals surface area contributed by atoms with Gasteiger partial charge in [0.05, 0.1) is 6.07 Å². The maximum Gasteiger partial charge on any atom is 0.326 e. The average Bonchev–Trinajstić information content (AvgIpc) is 2.29. The van der Waals surface area contributed by atoms with Gasteiger partial charge in [0.25, 0.3) is 0 Å². The minimum Gasteiger partial charge on any atom is -0.480 e. The zero-order valence-electron chi connectivity index (χ0n) is 9.10. The Balaban J connectivity index is 0.000000386. The topological polar surface area (TPSA) is 73.1 Å². The van der Waals surface area contributed by atoms with Gasteiger partial charge in [-0.25, -0.2) is 4.79 Å². The molecule has 0 bridgehead atoms. The van der Waals surface area contributed by atoms with E-state index >= 15 is 0 Å². The van der Waals surface area contributed by atoms with Crippen LogP contribution in [0.1, 0.15) is 18.9 Å². The number of anilines is 1. The third-order valence-electron chi connectivity index (χ3n) is 2.35. The first-order chi connectivity index (χ1) is 7.69. The number of hydrogen-bond acceptors (Lipinski definition) is 3. The van der Waals surface area contributed by atoms with Crippen LogP contribution in [0.4, 0.5) is 5.69 Å². The van der Waals surface area contributed by atoms with E-state index < -0.39 is 12.0 Å². The van der Waals surface area contributed by atoms with Crippen molar-refractivity contribution < 1.29 is 9.90 Å². The van der Waals surface area contributed by atoms with Crippen molar-refractivity contribution in [3.05, 3.63) is 29.8 Å². The molecule has 1 aliphatic rings. The number of hydrogen-bond donors (Lipinski definition) is 2. The van der Waals surface area contributed by atoms with Crippen LogP contribution in [-0.4, -0.2) is 17.1 Å². The van der Waals surface area contributed by atoms with E-state index in [1.165, 1.54) is 12.5 Å². The second-order valence-corrected chi connectivity index (χ2v) is 3.45. The molecule has 1 atom stereocenters. The van der Waals surface area contributed by atoms with Crippen LogP contribution in [0.5, 0.6) is 0 Å². The first-order valence-corrected chi connectivity index (χ1v) is 5.07. The van der Waals surface area contributed by atoms with Crippen molar-refractivity contribution in [3.8, 4) is 6.07 Å². The summed E-state index contributed by atoms with van der Waals surface area (Å²) in [6.07, 6.45) is 1.52. The second-order valence-electron chi connectivity index (χ2n) is 3.45. The number of nitrogens with one attached hydrogen (secondary N) is 1. The Hall–Kier alpha value is -2.02. The van der Waals surface area contributed by atoms with E-state index in [4.69, 9.17) is 10.4 Å². The summed E-state index contributed by atoms with van der Waals surface area (Å²) < 4.78 is 0. The minimum absolute atomic E-state index is 0.421. The lowest BCUT2D eigenvalue weighted by molar-refractivity contribution is -0.138. The molecule has 0 aromatic heterocycles. The van der Waals surface area contributed by atoms with Crippen LogP contribution in [0, 0.1) is 11.3 Å². The quantitative estimate of drug-likeness (QED) is 0.756. The van der Waals surface area contributed by atoms with Gasteiger partial charge < -0.3 is 10.4 Å². The Morgan fingerprint density at radius 3 is 2.81 bits per heavy atom. The Bertz CT molecular complexity index is 410. The van der Waals surface area contributed by atoms with Crippen molar-refractivity contribution in [2.45, 2.75) is 25.8 Å². The fourth-order valence-electron chi connectivity index (χ4n) is 1.62. The summed E-state index contributed by atoms with van der Waals surface area (Å²) >= 11 is 0. The fraction of sp³-hybridized carbons (Fsp3) is 0.333. The monoisotopic (exact) mass is 218 g/mol. The molecule has 4 nitrogen and oxygen atoms in total. The van der Waals surface area contributed by atoms with Gasteiger partial charge in [0, 0.05) is 12.6 Å². The number of para-hydroxylation sites is 1. The summed E-state index contributed by atoms with van der Waals surface area (Å²) in [5, 5.41) is 19.1. The summed E-state index contributed by atoms with van der Waals surface area (Å²) in [5.41, 5.74) is 2.17. The van der Waals surface area contributed by atoms with E-state index in [9.17, 15) is 4.79 Å². The minimum atomic E-state index is -0.769. The molecule has 0 radical (unpaired) electrons. The Kier molecular flexibility index (Phi) is 4.34. The predicted octanol–water partition coefficient (Wildman–Crippen LogP) is 2.03. The number of carboxylic acids is 1. The second kappa shape index (κ2) is 5.76. The number of nitriles is 1. The van der Waals surface area contributed by atoms with Gasteiger partial charge in [-0.05, 0) is 24.5 Å². The summed E-state index contributed by atoms with van der Waals surface area (Å²) in [7, 11) is 0. The lowest BCUT2D eigenvalue weighted by Crippen LogP contribution is -2.33. The zero-order valence-corrected chi connectivity index (χ0v) is 9.10. The zero-order chi connectivity index (χ0) is 12.0. The number of benzene rings is 1. The number of carboxylic acid groups (broad SMARTS) is 1. The van der Waals surface area contributed by atoms with Crippen LogP contribution in [0.3, 0.4) is 0 Å². The summed E-state index contributed by atoms with van der Waals surface area (Å²) in [5.74, 6) is -0.769. The molecular weight excluding hydrogens is 204 g/mol. The van der Waals surface area contributed by atoms with Gasteiger partial charge >= 0.3 is 5.97 Å². The van der Waals surface area contributed by atoms with Gasteiger partial charge in [0.1, 0.15) is 6.04 Å². The molecule has 0 saturated carbocycles. The van der Waals surface area contributed by atoms with Crippen LogP contribution in [0.2, 0.25) is 0 Å². The van der Waals surface area contributed by atoms with E-state index in [-0.39, 0.29) is 0 Å². The molecule has 16 heavy (non-hydrogen) atoms. The number of aliphatic carboxylic acids is 1. The molecular formula is C12H14N2O2. The number of carbonyl (C=O) groups is 1. The van der Waals surface area contributed by atoms with Crippen molar-refractivity contribution >= 4 is 11.7 Å². The van der Waals surface area contributed by atoms with Crippen molar-refractivity contribution in [2.75, 3.05) is 5.32 Å². The first-order valence-electron chi connectivity index (χ1n) is 5.07. The fourth-order valence-corrected chi connectivity index (χ4v) is 1.62. The summed E-state index contributed by atoms with van der Waals surface area (Å²) in [6.45, 7) is 1.43. The first kappa shape index (κ1) is 12.1. The van der Waals surface area contributed by atoms with Gasteiger partial charge in [-0.2, -0.15) is 5.26 Å². The van der Waals surface area contributed by atoms with Gasteiger partial charge in [-0.3, -0.25) is 0 Å². The molecule has 1 aromatic rings. The van der Waals surface area contributed by atoms with E-state index in [0.29, 0.717) is 6.42 Å². The molecule has 1 aliphatic heterocycles. The molecule has 0 amide bonds. The molecule has 84 valence electrons. The normalized spacial score (nSPS) is 16.9. The van der Waals surface area contributed by atoms with Crippen LogP contribution < -0.4 is 5.32 Å². The maximum absolute atomic E-state index is 10.7. The lowest BCUT2D eigenvalue weighted by atomic mass is 9.98. The highest BCUT2D eigenvalue weighted by atomic mass is 16.4. The van der Waals surface area contributed by atoms with Crippen LogP contribution >= 0.6 is 0 Å². The number of aryl methyl sites for hydroxylation is 1. The van der Waals surface area contributed by atoms with Crippen molar-refractivity contribution in [1.82, 2.24) is 0 Å². The van der Waals surface area contributed by atoms with E-state index in [1.54, 1.807) is 6.07 Å². The van der Waals surface area contributed by atoms with E-state index in [2.05, 4.69) is 5.32 Å². The van der Waals surface area contributed by atoms with Crippen molar-refractivity contribution in [3.63, 3.8) is 0 Å². The SMILES string of the molecule is CC#N.O=C(O)C1CCc2ccccc2N1. The predicted molar refractivity (Wildman–Crippen MR) is 61.1 cm³/mol. The number of nitrogens with zero attached hydrogens (tertiary/aromatic N) is 1. The molecule has 0 fully saturated rings. The van der Waals surface area contributed by atoms with Gasteiger partial charge in [-0.15, -0.1) is 0 Å². The van der Waals surface area contributed by atoms with Crippen LogP contribution in [-0.2, 0) is 11.2 Å². The molecule has 0 saturated heterocycles. The highest BCUT2D eigenvalue weighted by Gasteiger charge is 2.22. The van der Waals surface area contributed by atoms with E-state index in [1.807, 2.05) is 24.3 Å². The molecule has 0 spiro atoms. The largest absolute Gasteiger partial charge is 0.480 e. The van der Waals surface area contributed by atoms with E-state index in [0.717, 1.165) is 12.1 Å². The Morgan fingerprint density at radius 2 is 2.19 bits per heavy atom. The molecule has 1 heterocycles. The summed E-state index contributed by atoms with van der Waals surface area (Å²) in [4.78, 5) is 10.7. The van der Waals surface area contributed by atoms with Gasteiger partial charge in [0.15, 0.2) is 0 Å². The molecule has 2 N–H and O–H groups in total. The Labute approximate surface area is 94.5 Å². The van der Waals surface area contributed by atoms with Gasteiger partial charge in [-0.1, -0.05) is 18.2 Å². The standard InChI is InChI=1S/C10H11NO2.C2H3N/c12-10(13)9-6-5-7-3-1-2-4-8(7)11-9;1-2-3/h1-4,9,11H,5-6H2,(H,12,13);1H3. The van der Waals surface area contributed by atoms with Crippen molar-refractivity contribution in [2.24, 2.45) is 0 Å². The summed E-state index contributed by atoms with van der Waals surface area (Å²) in [6, 6.07) is 9.16. The van der Waals surface area contributed by atoms with Crippen LogP contribution in [0.15, 0.2) is 24.3 Å². The molecule has 1 unspecified atom stereocenters. The highest BCUT2D eigenvalue weighted by molar-refractivity contribution is 5.78. The average molecular weight is 218 g/mol. The highest BCUT2D eigenvalue weighted by Crippen LogP contribution is 2.23.